The summed E-state index contributed by atoms with van der Waals surface area (Å²) in [7, 11) is 0. The van der Waals surface area contributed by atoms with Crippen LogP contribution in [-0.2, 0) is 0 Å². The summed E-state index contributed by atoms with van der Waals surface area (Å²) in [5.74, 6) is 0. The number of nitrogens with zero attached hydrogens (tertiary/aromatic N) is 1. The molecule has 59 heavy (non-hydrogen) atoms. The molecule has 0 aliphatic heterocycles. The fourth-order valence-electron chi connectivity index (χ4n) is 9.13. The Hall–Kier alpha value is -7.88. The summed E-state index contributed by atoms with van der Waals surface area (Å²) in [5.41, 5.74) is 13.3. The largest absolute Gasteiger partial charge is 0.456 e. The average molecular weight is 754 g/mol. The number of benzene rings is 10. The first-order chi connectivity index (χ1) is 29.2. The van der Waals surface area contributed by atoms with Gasteiger partial charge in [-0.05, 0) is 104 Å². The van der Waals surface area contributed by atoms with Crippen molar-refractivity contribution in [3.63, 3.8) is 0 Å². The summed E-state index contributed by atoms with van der Waals surface area (Å²) < 4.78 is 13.2. The third-order valence-electron chi connectivity index (χ3n) is 11.8. The van der Waals surface area contributed by atoms with Crippen molar-refractivity contribution >= 4 is 82.5 Å². The average Bonchev–Trinajstić information content (AvgIpc) is 3.87. The summed E-state index contributed by atoms with van der Waals surface area (Å²) in [6.07, 6.45) is 0. The second-order valence-electron chi connectivity index (χ2n) is 15.2. The summed E-state index contributed by atoms with van der Waals surface area (Å²) in [6.45, 7) is 0. The van der Waals surface area contributed by atoms with Crippen LogP contribution < -0.4 is 4.90 Å². The number of furan rings is 2. The van der Waals surface area contributed by atoms with Crippen molar-refractivity contribution in [2.75, 3.05) is 4.90 Å². The molecule has 0 atom stereocenters. The van der Waals surface area contributed by atoms with E-state index in [4.69, 9.17) is 8.83 Å². The monoisotopic (exact) mass is 753 g/mol. The van der Waals surface area contributed by atoms with Crippen LogP contribution in [0.5, 0.6) is 0 Å². The summed E-state index contributed by atoms with van der Waals surface area (Å²) in [5, 5.41) is 9.25. The Bertz CT molecular complexity index is 3560. The lowest BCUT2D eigenvalue weighted by molar-refractivity contribution is 0.668. The van der Waals surface area contributed by atoms with Crippen LogP contribution in [0.25, 0.3) is 98.8 Å². The second kappa shape index (κ2) is 13.4. The molecule has 0 bridgehead atoms. The Morgan fingerprint density at radius 2 is 0.881 bits per heavy atom. The van der Waals surface area contributed by atoms with Crippen molar-refractivity contribution in [1.82, 2.24) is 0 Å². The van der Waals surface area contributed by atoms with Gasteiger partial charge in [0.05, 0.1) is 5.69 Å². The van der Waals surface area contributed by atoms with Crippen molar-refractivity contribution in [2.24, 2.45) is 0 Å². The lowest BCUT2D eigenvalue weighted by Crippen LogP contribution is -2.12. The van der Waals surface area contributed by atoms with E-state index >= 15 is 0 Å². The number of hydrogen-bond donors (Lipinski definition) is 0. The zero-order chi connectivity index (χ0) is 38.9. The third-order valence-corrected chi connectivity index (χ3v) is 11.8. The van der Waals surface area contributed by atoms with E-state index in [2.05, 4.69) is 199 Å². The Kier molecular flexibility index (Phi) is 7.54. The molecule has 3 nitrogen and oxygen atoms in total. The molecule has 0 fully saturated rings. The Morgan fingerprint density at radius 1 is 0.305 bits per heavy atom. The Balaban J connectivity index is 1.17. The summed E-state index contributed by atoms with van der Waals surface area (Å²) >= 11 is 0. The normalized spacial score (nSPS) is 11.7. The Morgan fingerprint density at radius 3 is 1.69 bits per heavy atom. The first-order valence-electron chi connectivity index (χ1n) is 20.1. The highest BCUT2D eigenvalue weighted by Gasteiger charge is 2.25. The SMILES string of the molecule is c1ccc(-c2ccc(N(c3ccc4c(c3)oc3ccccc34)c3ccc4oc5ccccc5c4c3-c3ccc4c(ccc5ccccc54)c3)cc2-c2ccccc2)cc1. The predicted octanol–water partition coefficient (Wildman–Crippen LogP) is 16.3. The van der Waals surface area contributed by atoms with E-state index in [-0.39, 0.29) is 0 Å². The molecule has 0 radical (unpaired) electrons. The molecule has 0 N–H and O–H groups in total. The lowest BCUT2D eigenvalue weighted by atomic mass is 9.92. The van der Waals surface area contributed by atoms with Gasteiger partial charge in [0.1, 0.15) is 22.3 Å². The van der Waals surface area contributed by atoms with Gasteiger partial charge in [0.15, 0.2) is 0 Å². The van der Waals surface area contributed by atoms with Crippen LogP contribution in [0.2, 0.25) is 0 Å². The number of hydrogen-bond acceptors (Lipinski definition) is 3. The van der Waals surface area contributed by atoms with E-state index in [1.165, 1.54) is 32.7 Å². The Labute approximate surface area is 340 Å². The first-order valence-corrected chi connectivity index (χ1v) is 20.1. The molecular formula is C56H35NO2. The van der Waals surface area contributed by atoms with Crippen molar-refractivity contribution in [3.8, 4) is 33.4 Å². The van der Waals surface area contributed by atoms with Gasteiger partial charge in [-0.3, -0.25) is 0 Å². The molecule has 0 saturated carbocycles. The van der Waals surface area contributed by atoms with Crippen LogP contribution >= 0.6 is 0 Å². The van der Waals surface area contributed by atoms with E-state index in [0.717, 1.165) is 83.2 Å². The third kappa shape index (κ3) is 5.44. The molecule has 0 unspecified atom stereocenters. The molecule has 3 heteroatoms. The van der Waals surface area contributed by atoms with Crippen LogP contribution in [0.3, 0.4) is 0 Å². The molecule has 0 aliphatic rings. The van der Waals surface area contributed by atoms with Gasteiger partial charge in [-0.2, -0.15) is 0 Å². The first kappa shape index (κ1) is 33.3. The lowest BCUT2D eigenvalue weighted by Gasteiger charge is -2.29. The molecule has 0 spiro atoms. The van der Waals surface area contributed by atoms with Crippen molar-refractivity contribution in [2.45, 2.75) is 0 Å². The van der Waals surface area contributed by atoms with E-state index in [1.807, 2.05) is 18.2 Å². The van der Waals surface area contributed by atoms with Crippen LogP contribution in [-0.4, -0.2) is 0 Å². The van der Waals surface area contributed by atoms with Gasteiger partial charge < -0.3 is 13.7 Å². The molecule has 0 aliphatic carbocycles. The minimum absolute atomic E-state index is 0.840. The van der Waals surface area contributed by atoms with Crippen LogP contribution in [0, 0.1) is 0 Å². The standard InChI is InChI=1S/C56H35NO2/c1-3-13-36(14-4-1)44-29-26-41(34-49(44)37-15-5-2-6-16-37)57(42-27-30-47-46-19-9-11-21-51(46)59-54(47)35-42)50-31-32-53-56(48-20-10-12-22-52(48)58-53)55(50)40-25-28-45-39(33-40)24-23-38-17-7-8-18-43(38)45/h1-35H. The molecule has 12 aromatic rings. The summed E-state index contributed by atoms with van der Waals surface area (Å²) in [4.78, 5) is 2.40. The molecule has 0 saturated heterocycles. The number of rotatable bonds is 6. The van der Waals surface area contributed by atoms with Crippen molar-refractivity contribution in [3.05, 3.63) is 212 Å². The smallest absolute Gasteiger partial charge is 0.137 e. The highest BCUT2D eigenvalue weighted by atomic mass is 16.3. The maximum Gasteiger partial charge on any atom is 0.137 e. The van der Waals surface area contributed by atoms with Crippen molar-refractivity contribution < 1.29 is 8.83 Å². The van der Waals surface area contributed by atoms with Gasteiger partial charge in [0, 0.05) is 44.5 Å². The molecular weight excluding hydrogens is 719 g/mol. The molecule has 0 amide bonds. The van der Waals surface area contributed by atoms with Gasteiger partial charge in [-0.25, -0.2) is 0 Å². The van der Waals surface area contributed by atoms with Gasteiger partial charge in [-0.15, -0.1) is 0 Å². The van der Waals surface area contributed by atoms with Crippen LogP contribution in [0.15, 0.2) is 221 Å². The molecule has 10 aromatic carbocycles. The van der Waals surface area contributed by atoms with E-state index < -0.39 is 0 Å². The molecule has 276 valence electrons. The maximum absolute atomic E-state index is 6.61. The molecule has 2 heterocycles. The van der Waals surface area contributed by atoms with Crippen LogP contribution in [0.4, 0.5) is 17.1 Å². The predicted molar refractivity (Wildman–Crippen MR) is 247 cm³/mol. The quantitative estimate of drug-likeness (QED) is 0.158. The van der Waals surface area contributed by atoms with Gasteiger partial charge in [0.2, 0.25) is 0 Å². The number of fused-ring (bicyclic) bond motifs is 9. The fraction of sp³-hybridized carbons (Fsp3) is 0. The fourth-order valence-corrected chi connectivity index (χ4v) is 9.13. The second-order valence-corrected chi connectivity index (χ2v) is 15.2. The molecule has 12 rings (SSSR count). The topological polar surface area (TPSA) is 29.5 Å². The van der Waals surface area contributed by atoms with E-state index in [1.54, 1.807) is 0 Å². The maximum atomic E-state index is 6.61. The highest BCUT2D eigenvalue weighted by molar-refractivity contribution is 6.18. The van der Waals surface area contributed by atoms with Gasteiger partial charge in [0.25, 0.3) is 0 Å². The van der Waals surface area contributed by atoms with Gasteiger partial charge >= 0.3 is 0 Å². The van der Waals surface area contributed by atoms with Gasteiger partial charge in [-0.1, -0.05) is 152 Å². The summed E-state index contributed by atoms with van der Waals surface area (Å²) in [6, 6.07) is 75.9. The minimum Gasteiger partial charge on any atom is -0.456 e. The molecule has 2 aromatic heterocycles. The minimum atomic E-state index is 0.840. The van der Waals surface area contributed by atoms with E-state index in [9.17, 15) is 0 Å². The van der Waals surface area contributed by atoms with Crippen LogP contribution in [0.1, 0.15) is 0 Å². The van der Waals surface area contributed by atoms with E-state index in [0.29, 0.717) is 0 Å². The highest BCUT2D eigenvalue weighted by Crippen LogP contribution is 2.49. The van der Waals surface area contributed by atoms with Crippen molar-refractivity contribution in [1.29, 1.82) is 0 Å². The number of para-hydroxylation sites is 2. The number of anilines is 3. The zero-order valence-electron chi connectivity index (χ0n) is 32.0. The zero-order valence-corrected chi connectivity index (χ0v) is 32.0.